The Labute approximate surface area is 239 Å². The molecule has 3 fully saturated rings. The summed E-state index contributed by atoms with van der Waals surface area (Å²) < 4.78 is 25.0. The molecule has 0 bridgehead atoms. The van der Waals surface area contributed by atoms with Crippen LogP contribution in [0, 0.1) is 28.8 Å². The number of carbonyl (C=O) groups is 1. The number of hydrogen-bond donors (Lipinski definition) is 2. The third kappa shape index (κ3) is 4.87. The number of methoxy groups -OCH3 is 1. The predicted molar refractivity (Wildman–Crippen MR) is 150 cm³/mol. The van der Waals surface area contributed by atoms with E-state index in [-0.39, 0.29) is 47.2 Å². The first-order valence-corrected chi connectivity index (χ1v) is 14.1. The lowest BCUT2D eigenvalue weighted by Gasteiger charge is -2.37. The molecule has 1 aliphatic carbocycles. The number of hydrogen-bond acceptors (Lipinski definition) is 9. The van der Waals surface area contributed by atoms with Gasteiger partial charge >= 0.3 is 11.8 Å². The molecular weight excluding hydrogens is 551 g/mol. The van der Waals surface area contributed by atoms with Crippen molar-refractivity contribution >= 4 is 28.4 Å². The highest BCUT2D eigenvalue weighted by Crippen LogP contribution is 2.45. The van der Waals surface area contributed by atoms with Gasteiger partial charge in [0.1, 0.15) is 17.4 Å². The lowest BCUT2D eigenvalue weighted by molar-refractivity contribution is -0.389. The van der Waals surface area contributed by atoms with Crippen molar-refractivity contribution in [2.24, 2.45) is 5.92 Å². The summed E-state index contributed by atoms with van der Waals surface area (Å²) in [6.07, 6.45) is 5.37. The number of nitrogens with zero attached hydrogens (tertiary/aromatic N) is 6. The van der Waals surface area contributed by atoms with Crippen molar-refractivity contribution in [3.63, 3.8) is 0 Å². The fraction of sp³-hybridized carbons (Fsp3) is 0.536. The number of pyridine rings is 1. The van der Waals surface area contributed by atoms with E-state index in [2.05, 4.69) is 9.88 Å². The standard InChI is InChI=1S/C28H33FN6O7/c1-15-30-23(35(40)41)14-32(15)11-18(36)10-31-7-3-4-16-9-33(13-22(16)31)25-21(29)8-19-24(27(25)42-2)34(17-5-6-17)12-20(26(19)37)28(38)39/h8,12,14,16-18,22,36H,3-7,9-11,13H2,1-2H3,(H,38,39)/t16-,18-,22+/m0/s1. The molecule has 3 atom stereocenters. The first-order valence-electron chi connectivity index (χ1n) is 14.1. The maximum atomic E-state index is 15.9. The van der Waals surface area contributed by atoms with Crippen LogP contribution in [-0.4, -0.2) is 85.6 Å². The maximum Gasteiger partial charge on any atom is 0.381 e. The number of piperidine rings is 1. The van der Waals surface area contributed by atoms with Crippen LogP contribution >= 0.6 is 0 Å². The number of rotatable bonds is 9. The molecule has 1 saturated carbocycles. The number of carboxylic acids is 1. The van der Waals surface area contributed by atoms with Crippen molar-refractivity contribution < 1.29 is 29.1 Å². The highest BCUT2D eigenvalue weighted by atomic mass is 19.1. The number of imidazole rings is 1. The van der Waals surface area contributed by atoms with E-state index in [1.165, 1.54) is 19.5 Å². The van der Waals surface area contributed by atoms with E-state index in [9.17, 15) is 29.9 Å². The average molecular weight is 585 g/mol. The molecule has 13 nitrogen and oxygen atoms in total. The fourth-order valence-corrected chi connectivity index (χ4v) is 6.73. The zero-order chi connectivity index (χ0) is 29.9. The zero-order valence-electron chi connectivity index (χ0n) is 23.4. The first kappa shape index (κ1) is 28.1. The van der Waals surface area contributed by atoms with E-state index in [1.807, 2.05) is 4.90 Å². The molecule has 42 heavy (non-hydrogen) atoms. The second-order valence-electron chi connectivity index (χ2n) is 11.5. The number of aromatic nitrogens is 3. The highest BCUT2D eigenvalue weighted by Gasteiger charge is 2.42. The van der Waals surface area contributed by atoms with Crippen LogP contribution in [0.3, 0.4) is 0 Å². The molecule has 0 spiro atoms. The SMILES string of the molecule is COc1c(N2C[C@@H]3CCCN(C[C@H](O)Cn4cc([N+](=O)[O-])nc4C)[C@@H]3C2)c(F)cc2c(=O)c(C(=O)O)cn(C3CC3)c12. The van der Waals surface area contributed by atoms with Gasteiger partial charge in [-0.1, -0.05) is 0 Å². The van der Waals surface area contributed by atoms with Crippen LogP contribution in [0.2, 0.25) is 0 Å². The molecule has 0 unspecified atom stereocenters. The molecule has 14 heteroatoms. The molecule has 2 N–H and O–H groups in total. The van der Waals surface area contributed by atoms with Crippen molar-refractivity contribution in [2.45, 2.75) is 57.3 Å². The minimum atomic E-state index is -1.35. The second kappa shape index (κ2) is 10.7. The number of aromatic carboxylic acids is 1. The number of carboxylic acid groups (broad SMARTS) is 1. The van der Waals surface area contributed by atoms with Gasteiger partial charge < -0.3 is 39.1 Å². The molecule has 0 radical (unpaired) electrons. The third-order valence-corrected chi connectivity index (χ3v) is 8.79. The maximum absolute atomic E-state index is 15.9. The molecule has 224 valence electrons. The van der Waals surface area contributed by atoms with Crippen LogP contribution in [0.15, 0.2) is 23.3 Å². The molecule has 2 aromatic heterocycles. The Hall–Kier alpha value is -4.04. The average Bonchev–Trinajstić information content (AvgIpc) is 3.58. The van der Waals surface area contributed by atoms with E-state index in [0.29, 0.717) is 31.0 Å². The smallest absolute Gasteiger partial charge is 0.381 e. The van der Waals surface area contributed by atoms with Gasteiger partial charge in [-0.05, 0) is 54.1 Å². The fourth-order valence-electron chi connectivity index (χ4n) is 6.73. The number of aliphatic hydroxyl groups is 1. The molecule has 0 amide bonds. The van der Waals surface area contributed by atoms with E-state index >= 15 is 4.39 Å². The van der Waals surface area contributed by atoms with Crippen molar-refractivity contribution in [2.75, 3.05) is 38.2 Å². The molecule has 4 heterocycles. The Balaban J connectivity index is 1.29. The highest BCUT2D eigenvalue weighted by molar-refractivity contribution is 5.97. The van der Waals surface area contributed by atoms with Gasteiger partial charge in [-0.15, -0.1) is 0 Å². The van der Waals surface area contributed by atoms with E-state index < -0.39 is 33.8 Å². The first-order chi connectivity index (χ1) is 20.1. The molecule has 2 saturated heterocycles. The summed E-state index contributed by atoms with van der Waals surface area (Å²) in [5.74, 6) is -1.39. The van der Waals surface area contributed by atoms with Crippen LogP contribution < -0.4 is 15.1 Å². The van der Waals surface area contributed by atoms with E-state index in [1.54, 1.807) is 16.1 Å². The summed E-state index contributed by atoms with van der Waals surface area (Å²) in [4.78, 5) is 43.4. The molecule has 1 aromatic carbocycles. The summed E-state index contributed by atoms with van der Waals surface area (Å²) in [6, 6.07) is 1.18. The Morgan fingerprint density at radius 2 is 2.02 bits per heavy atom. The summed E-state index contributed by atoms with van der Waals surface area (Å²) in [7, 11) is 1.43. The summed E-state index contributed by atoms with van der Waals surface area (Å²) in [6.45, 7) is 3.95. The number of likely N-dealkylation sites (tertiary alicyclic amines) is 1. The van der Waals surface area contributed by atoms with Crippen molar-refractivity contribution in [3.05, 3.63) is 56.0 Å². The number of halogens is 1. The van der Waals surface area contributed by atoms with Gasteiger partial charge in [0, 0.05) is 44.8 Å². The number of ether oxygens (including phenoxy) is 1. The zero-order valence-corrected chi connectivity index (χ0v) is 23.4. The minimum Gasteiger partial charge on any atom is -0.492 e. The Morgan fingerprint density at radius 3 is 2.67 bits per heavy atom. The minimum absolute atomic E-state index is 0.0112. The van der Waals surface area contributed by atoms with E-state index in [4.69, 9.17) is 4.74 Å². The van der Waals surface area contributed by atoms with Gasteiger partial charge in [0.15, 0.2) is 11.6 Å². The normalized spacial score (nSPS) is 21.5. The Bertz CT molecular complexity index is 1630. The van der Waals surface area contributed by atoms with Gasteiger partial charge in [-0.25, -0.2) is 9.18 Å². The number of aryl methyl sites for hydroxylation is 1. The number of fused-ring (bicyclic) bond motifs is 2. The molecule has 6 rings (SSSR count). The van der Waals surface area contributed by atoms with Gasteiger partial charge in [0.2, 0.25) is 11.3 Å². The molecule has 3 aromatic rings. The van der Waals surface area contributed by atoms with Crippen LogP contribution in [0.25, 0.3) is 10.9 Å². The van der Waals surface area contributed by atoms with Crippen molar-refractivity contribution in [3.8, 4) is 5.75 Å². The Morgan fingerprint density at radius 1 is 1.26 bits per heavy atom. The lowest BCUT2D eigenvalue weighted by Crippen LogP contribution is -2.48. The van der Waals surface area contributed by atoms with Gasteiger partial charge in [0.05, 0.1) is 30.7 Å². The molecule has 3 aliphatic rings. The largest absolute Gasteiger partial charge is 0.492 e. The predicted octanol–water partition coefficient (Wildman–Crippen LogP) is 2.56. The second-order valence-corrected chi connectivity index (χ2v) is 11.5. The number of benzene rings is 1. The summed E-state index contributed by atoms with van der Waals surface area (Å²) in [5.41, 5.74) is -0.492. The quantitative estimate of drug-likeness (QED) is 0.283. The summed E-state index contributed by atoms with van der Waals surface area (Å²) >= 11 is 0. The number of anilines is 1. The molecular formula is C28H33FN6O7. The van der Waals surface area contributed by atoms with Gasteiger partial charge in [-0.3, -0.25) is 9.69 Å². The number of β-amino-alcohol motifs (C(OH)–C–C–N with tert-alkyl or cyclic N) is 1. The summed E-state index contributed by atoms with van der Waals surface area (Å²) in [5, 5.41) is 31.6. The number of nitro groups is 1. The van der Waals surface area contributed by atoms with E-state index in [0.717, 1.165) is 38.3 Å². The monoisotopic (exact) mass is 584 g/mol. The van der Waals surface area contributed by atoms with Gasteiger partial charge in [0.25, 0.3) is 0 Å². The third-order valence-electron chi connectivity index (χ3n) is 8.79. The van der Waals surface area contributed by atoms with Crippen LogP contribution in [-0.2, 0) is 6.54 Å². The lowest BCUT2D eigenvalue weighted by atomic mass is 9.92. The van der Waals surface area contributed by atoms with Crippen molar-refractivity contribution in [1.82, 2.24) is 19.0 Å². The van der Waals surface area contributed by atoms with Crippen LogP contribution in [0.4, 0.5) is 15.9 Å². The van der Waals surface area contributed by atoms with Crippen molar-refractivity contribution in [1.29, 1.82) is 0 Å². The van der Waals surface area contributed by atoms with Crippen LogP contribution in [0.1, 0.15) is 47.9 Å². The van der Waals surface area contributed by atoms with Gasteiger partial charge in [-0.2, -0.15) is 0 Å². The Kier molecular flexibility index (Phi) is 7.13. The molecule has 2 aliphatic heterocycles. The topological polar surface area (TPSA) is 156 Å². The van der Waals surface area contributed by atoms with Crippen LogP contribution in [0.5, 0.6) is 5.75 Å². The number of aliphatic hydroxyl groups excluding tert-OH is 1.